The van der Waals surface area contributed by atoms with Crippen LogP contribution in [0.1, 0.15) is 17.2 Å². The maximum atomic E-state index is 12.9. The maximum Gasteiger partial charge on any atom is 0.301 e. The molecule has 30 heavy (non-hydrogen) atoms. The number of anilines is 1. The Morgan fingerprint density at radius 3 is 2.40 bits per heavy atom. The molecule has 0 aliphatic carbocycles. The van der Waals surface area contributed by atoms with Gasteiger partial charge in [0.15, 0.2) is 0 Å². The fourth-order valence-electron chi connectivity index (χ4n) is 3.31. The number of hydrogen-bond acceptors (Lipinski definition) is 7. The molecule has 1 atom stereocenters. The van der Waals surface area contributed by atoms with E-state index in [1.165, 1.54) is 41.6 Å². The average molecular weight is 402 g/mol. The summed E-state index contributed by atoms with van der Waals surface area (Å²) in [6, 6.07) is 12.4. The number of Topliss-reactive ketones (excluding diaryl/α,β-unsaturated/α-hetero) is 1. The zero-order valence-electron chi connectivity index (χ0n) is 15.4. The minimum atomic E-state index is -0.955. The van der Waals surface area contributed by atoms with Gasteiger partial charge >= 0.3 is 5.91 Å². The summed E-state index contributed by atoms with van der Waals surface area (Å²) in [7, 11) is 0. The van der Waals surface area contributed by atoms with E-state index in [4.69, 9.17) is 0 Å². The highest BCUT2D eigenvalue weighted by molar-refractivity contribution is 6.51. The summed E-state index contributed by atoms with van der Waals surface area (Å²) in [5.41, 5.74) is 0.371. The molecular formula is C21H14N4O5. The lowest BCUT2D eigenvalue weighted by Crippen LogP contribution is -2.30. The first-order valence-electron chi connectivity index (χ1n) is 8.86. The number of non-ortho nitro benzene ring substituents is 1. The summed E-state index contributed by atoms with van der Waals surface area (Å²) >= 11 is 0. The van der Waals surface area contributed by atoms with E-state index in [1.54, 1.807) is 36.5 Å². The van der Waals surface area contributed by atoms with Crippen molar-refractivity contribution in [3.05, 3.63) is 100 Å². The van der Waals surface area contributed by atoms with Gasteiger partial charge in [-0.25, -0.2) is 4.98 Å². The van der Waals surface area contributed by atoms with Crippen LogP contribution < -0.4 is 4.90 Å². The lowest BCUT2D eigenvalue weighted by Gasteiger charge is -2.24. The van der Waals surface area contributed by atoms with Gasteiger partial charge in [0, 0.05) is 36.3 Å². The molecule has 3 heterocycles. The van der Waals surface area contributed by atoms with Crippen molar-refractivity contribution in [3.63, 3.8) is 0 Å². The number of pyridine rings is 2. The van der Waals surface area contributed by atoms with E-state index < -0.39 is 28.4 Å². The van der Waals surface area contributed by atoms with E-state index in [-0.39, 0.29) is 22.6 Å². The molecule has 0 saturated carbocycles. The Hall–Kier alpha value is -4.40. The fraction of sp³-hybridized carbons (Fsp3) is 0.0476. The van der Waals surface area contributed by atoms with Gasteiger partial charge in [0.1, 0.15) is 11.6 Å². The predicted octanol–water partition coefficient (Wildman–Crippen LogP) is 3.01. The zero-order valence-corrected chi connectivity index (χ0v) is 15.4. The smallest absolute Gasteiger partial charge is 0.301 e. The molecule has 9 heteroatoms. The fourth-order valence-corrected chi connectivity index (χ4v) is 3.31. The van der Waals surface area contributed by atoms with Crippen LogP contribution in [0.3, 0.4) is 0 Å². The molecule has 1 fully saturated rings. The number of benzene rings is 1. The van der Waals surface area contributed by atoms with Crippen molar-refractivity contribution in [2.24, 2.45) is 0 Å². The number of carbonyl (C=O) groups is 2. The second-order valence-electron chi connectivity index (χ2n) is 6.45. The van der Waals surface area contributed by atoms with Crippen molar-refractivity contribution < 1.29 is 19.6 Å². The monoisotopic (exact) mass is 402 g/mol. The van der Waals surface area contributed by atoms with Gasteiger partial charge in [-0.1, -0.05) is 12.1 Å². The average Bonchev–Trinajstić information content (AvgIpc) is 3.05. The molecule has 0 unspecified atom stereocenters. The number of nitro groups is 1. The van der Waals surface area contributed by atoms with Crippen LogP contribution in [0, 0.1) is 10.1 Å². The Balaban J connectivity index is 1.90. The highest BCUT2D eigenvalue weighted by atomic mass is 16.6. The third-order valence-electron chi connectivity index (χ3n) is 4.69. The molecular weight excluding hydrogens is 388 g/mol. The van der Waals surface area contributed by atoms with Crippen LogP contribution >= 0.6 is 0 Å². The van der Waals surface area contributed by atoms with E-state index in [1.807, 2.05) is 0 Å². The minimum Gasteiger partial charge on any atom is -0.507 e. The van der Waals surface area contributed by atoms with Gasteiger partial charge in [0.25, 0.3) is 11.5 Å². The van der Waals surface area contributed by atoms with E-state index >= 15 is 0 Å². The number of rotatable bonds is 4. The molecule has 1 aliphatic rings. The Kier molecular flexibility index (Phi) is 4.77. The third-order valence-corrected chi connectivity index (χ3v) is 4.69. The number of hydrogen-bond donors (Lipinski definition) is 1. The molecule has 0 radical (unpaired) electrons. The number of nitro benzene ring substituents is 1. The van der Waals surface area contributed by atoms with Crippen LogP contribution in [-0.2, 0) is 9.59 Å². The number of ketones is 1. The molecule has 0 bridgehead atoms. The standard InChI is InChI=1S/C21H14N4O5/c26-19(13-6-8-15(9-7-13)25(29)30)17-18(14-4-3-10-22-12-14)24(21(28)20(17)27)16-5-1-2-11-23-16/h1-12,18,26H/t18-/m0/s1. The van der Waals surface area contributed by atoms with Crippen molar-refractivity contribution in [2.75, 3.05) is 4.90 Å². The summed E-state index contributed by atoms with van der Waals surface area (Å²) in [6.07, 6.45) is 4.54. The summed E-state index contributed by atoms with van der Waals surface area (Å²) < 4.78 is 0. The minimum absolute atomic E-state index is 0.146. The molecule has 1 aliphatic heterocycles. The Labute approximate surface area is 170 Å². The number of aliphatic hydroxyl groups excluding tert-OH is 1. The molecule has 0 spiro atoms. The van der Waals surface area contributed by atoms with Crippen LogP contribution in [0.4, 0.5) is 11.5 Å². The van der Waals surface area contributed by atoms with Gasteiger partial charge in [-0.15, -0.1) is 0 Å². The summed E-state index contributed by atoms with van der Waals surface area (Å²) in [6.45, 7) is 0. The molecule has 3 aromatic rings. The quantitative estimate of drug-likeness (QED) is 0.234. The largest absolute Gasteiger partial charge is 0.507 e. The summed E-state index contributed by atoms with van der Waals surface area (Å²) in [5.74, 6) is -1.91. The van der Waals surface area contributed by atoms with Gasteiger partial charge in [-0.2, -0.15) is 0 Å². The lowest BCUT2D eigenvalue weighted by molar-refractivity contribution is -0.384. The number of aromatic nitrogens is 2. The van der Waals surface area contributed by atoms with Gasteiger partial charge < -0.3 is 5.11 Å². The van der Waals surface area contributed by atoms with E-state index in [0.29, 0.717) is 5.56 Å². The first-order valence-corrected chi connectivity index (χ1v) is 8.86. The molecule has 1 N–H and O–H groups in total. The predicted molar refractivity (Wildman–Crippen MR) is 106 cm³/mol. The molecule has 148 valence electrons. The van der Waals surface area contributed by atoms with Crippen molar-refractivity contribution in [1.82, 2.24) is 9.97 Å². The van der Waals surface area contributed by atoms with Gasteiger partial charge in [-0.05, 0) is 35.9 Å². The van der Waals surface area contributed by atoms with E-state index in [9.17, 15) is 24.8 Å². The van der Waals surface area contributed by atoms with Gasteiger partial charge in [-0.3, -0.25) is 29.6 Å². The van der Waals surface area contributed by atoms with Crippen LogP contribution in [0.15, 0.2) is 78.8 Å². The number of nitrogens with zero attached hydrogens (tertiary/aromatic N) is 4. The summed E-state index contributed by atoms with van der Waals surface area (Å²) in [5, 5.41) is 21.8. The number of carbonyl (C=O) groups excluding carboxylic acids is 2. The van der Waals surface area contributed by atoms with E-state index in [2.05, 4.69) is 9.97 Å². The normalized spacial score (nSPS) is 17.9. The Bertz CT molecular complexity index is 1160. The van der Waals surface area contributed by atoms with Gasteiger partial charge in [0.2, 0.25) is 0 Å². The third kappa shape index (κ3) is 3.18. The maximum absolute atomic E-state index is 12.9. The van der Waals surface area contributed by atoms with Crippen molar-refractivity contribution >= 4 is 29.0 Å². The Morgan fingerprint density at radius 1 is 1.03 bits per heavy atom. The molecule has 4 rings (SSSR count). The van der Waals surface area contributed by atoms with Crippen LogP contribution in [-0.4, -0.2) is 31.7 Å². The highest BCUT2D eigenvalue weighted by Gasteiger charge is 2.47. The van der Waals surface area contributed by atoms with Crippen LogP contribution in [0.25, 0.3) is 5.76 Å². The first-order chi connectivity index (χ1) is 14.5. The molecule has 9 nitrogen and oxygen atoms in total. The van der Waals surface area contributed by atoms with Gasteiger partial charge in [0.05, 0.1) is 16.5 Å². The van der Waals surface area contributed by atoms with E-state index in [0.717, 1.165) is 0 Å². The molecule has 1 saturated heterocycles. The highest BCUT2D eigenvalue weighted by Crippen LogP contribution is 2.41. The topological polar surface area (TPSA) is 127 Å². The molecule has 2 aromatic heterocycles. The molecule has 1 aromatic carbocycles. The first kappa shape index (κ1) is 18.9. The zero-order chi connectivity index (χ0) is 21.3. The van der Waals surface area contributed by atoms with Crippen molar-refractivity contribution in [1.29, 1.82) is 0 Å². The number of amides is 1. The van der Waals surface area contributed by atoms with Crippen LogP contribution in [0.5, 0.6) is 0 Å². The second-order valence-corrected chi connectivity index (χ2v) is 6.45. The SMILES string of the molecule is O=C1C(=O)N(c2ccccn2)[C@@H](c2cccnc2)C1=C(O)c1ccc([N+](=O)[O-])cc1. The Morgan fingerprint density at radius 2 is 1.80 bits per heavy atom. The lowest BCUT2D eigenvalue weighted by atomic mass is 9.96. The van der Waals surface area contributed by atoms with Crippen molar-refractivity contribution in [2.45, 2.75) is 6.04 Å². The summed E-state index contributed by atoms with van der Waals surface area (Å²) in [4.78, 5) is 45.5. The van der Waals surface area contributed by atoms with Crippen LogP contribution in [0.2, 0.25) is 0 Å². The van der Waals surface area contributed by atoms with Crippen molar-refractivity contribution in [3.8, 4) is 0 Å². The number of aliphatic hydroxyl groups is 1. The molecule has 1 amide bonds. The second kappa shape index (κ2) is 7.55.